The molecular formula is C46H55N7O5. The zero-order chi connectivity index (χ0) is 41.3. The highest BCUT2D eigenvalue weighted by atomic mass is 16.2. The number of carbonyl (C=O) groups is 5. The van der Waals surface area contributed by atoms with Crippen molar-refractivity contribution in [3.05, 3.63) is 132 Å². The van der Waals surface area contributed by atoms with Crippen molar-refractivity contribution >= 4 is 51.1 Å². The summed E-state index contributed by atoms with van der Waals surface area (Å²) < 4.78 is 0. The number of carbonyl (C=O) groups excluding carboxylic acids is 5. The third kappa shape index (κ3) is 13.0. The maximum absolute atomic E-state index is 14.6. The second-order valence-corrected chi connectivity index (χ2v) is 14.7. The van der Waals surface area contributed by atoms with Gasteiger partial charge < -0.3 is 38.5 Å². The number of rotatable bonds is 22. The molecule has 0 fully saturated rings. The Balaban J connectivity index is 1.46. The lowest BCUT2D eigenvalue weighted by atomic mass is 9.98. The highest BCUT2D eigenvalue weighted by Crippen LogP contribution is 2.19. The van der Waals surface area contributed by atoms with Gasteiger partial charge in [0.05, 0.1) is 0 Å². The van der Waals surface area contributed by atoms with Gasteiger partial charge in [-0.1, -0.05) is 115 Å². The first-order valence-corrected chi connectivity index (χ1v) is 20.0. The molecule has 58 heavy (non-hydrogen) atoms. The van der Waals surface area contributed by atoms with Crippen LogP contribution in [0.1, 0.15) is 55.2 Å². The van der Waals surface area contributed by atoms with Crippen molar-refractivity contribution in [1.29, 1.82) is 0 Å². The number of unbranched alkanes of at least 4 members (excludes halogenated alkanes) is 2. The van der Waals surface area contributed by atoms with Crippen molar-refractivity contribution in [2.24, 2.45) is 17.2 Å². The minimum Gasteiger partial charge on any atom is -0.368 e. The molecule has 5 rings (SSSR count). The van der Waals surface area contributed by atoms with E-state index in [-0.39, 0.29) is 38.0 Å². The molecule has 304 valence electrons. The maximum atomic E-state index is 14.6. The quantitative estimate of drug-likeness (QED) is 0.0517. The Kier molecular flexibility index (Phi) is 16.3. The topological polar surface area (TPSA) is 212 Å². The summed E-state index contributed by atoms with van der Waals surface area (Å²) in [6, 6.07) is 32.2. The van der Waals surface area contributed by atoms with Gasteiger partial charge in [0.2, 0.25) is 29.5 Å². The number of primary amides is 1. The second-order valence-electron chi connectivity index (χ2n) is 14.7. The van der Waals surface area contributed by atoms with Crippen molar-refractivity contribution in [3.63, 3.8) is 0 Å². The van der Waals surface area contributed by atoms with Gasteiger partial charge in [0.1, 0.15) is 24.2 Å². The fourth-order valence-electron chi connectivity index (χ4n) is 6.97. The lowest BCUT2D eigenvalue weighted by Gasteiger charge is -2.27. The molecule has 0 spiro atoms. The Labute approximate surface area is 339 Å². The van der Waals surface area contributed by atoms with Crippen molar-refractivity contribution in [3.8, 4) is 0 Å². The summed E-state index contributed by atoms with van der Waals surface area (Å²) in [4.78, 5) is 68.4. The molecule has 12 heteroatoms. The van der Waals surface area contributed by atoms with Crippen LogP contribution in [0.25, 0.3) is 21.5 Å². The van der Waals surface area contributed by atoms with Crippen LogP contribution in [0, 0.1) is 0 Å². The molecule has 0 saturated heterocycles. The van der Waals surface area contributed by atoms with Gasteiger partial charge >= 0.3 is 0 Å². The molecule has 4 atom stereocenters. The third-order valence-electron chi connectivity index (χ3n) is 10.2. The number of nitrogens with two attached hydrogens (primary N) is 3. The summed E-state index contributed by atoms with van der Waals surface area (Å²) in [7, 11) is 0. The third-order valence-corrected chi connectivity index (χ3v) is 10.2. The van der Waals surface area contributed by atoms with Crippen LogP contribution >= 0.6 is 0 Å². The van der Waals surface area contributed by atoms with E-state index in [0.29, 0.717) is 38.8 Å². The van der Waals surface area contributed by atoms with Crippen LogP contribution in [-0.2, 0) is 43.2 Å². The molecule has 0 saturated carbocycles. The van der Waals surface area contributed by atoms with E-state index in [1.165, 1.54) is 0 Å². The molecule has 0 radical (unpaired) electrons. The van der Waals surface area contributed by atoms with E-state index in [9.17, 15) is 24.0 Å². The zero-order valence-electron chi connectivity index (χ0n) is 32.8. The summed E-state index contributed by atoms with van der Waals surface area (Å²) in [6.07, 6.45) is 3.29. The first kappa shape index (κ1) is 43.0. The lowest BCUT2D eigenvalue weighted by molar-refractivity contribution is -0.134. The number of nitrogens with one attached hydrogen (secondary N) is 4. The average molecular weight is 786 g/mol. The van der Waals surface area contributed by atoms with Crippen LogP contribution in [0.4, 0.5) is 0 Å². The van der Waals surface area contributed by atoms with Gasteiger partial charge in [-0.3, -0.25) is 24.0 Å². The Morgan fingerprint density at radius 1 is 0.448 bits per heavy atom. The number of hydrogen-bond acceptors (Lipinski definition) is 7. The normalized spacial score (nSPS) is 13.2. The smallest absolute Gasteiger partial charge is 0.243 e. The Bertz CT molecular complexity index is 2160. The fourth-order valence-corrected chi connectivity index (χ4v) is 6.97. The van der Waals surface area contributed by atoms with Crippen LogP contribution in [0.5, 0.6) is 0 Å². The molecule has 0 aromatic heterocycles. The SMILES string of the molecule is NCCCCC(=O)NC(Cc1ccccc1)C(=O)NC(Cc1ccc2ccccc2c1)C(=O)N[C@@H](Cc1ccc2ccccc2c1)C(=O)NC(CCCCN)C(N)=O. The monoisotopic (exact) mass is 785 g/mol. The van der Waals surface area contributed by atoms with E-state index in [1.807, 2.05) is 115 Å². The van der Waals surface area contributed by atoms with Crippen molar-refractivity contribution < 1.29 is 24.0 Å². The largest absolute Gasteiger partial charge is 0.368 e. The minimum absolute atomic E-state index is 0.0816. The van der Waals surface area contributed by atoms with E-state index >= 15 is 0 Å². The van der Waals surface area contributed by atoms with E-state index in [0.717, 1.165) is 38.2 Å². The van der Waals surface area contributed by atoms with E-state index in [2.05, 4.69) is 21.3 Å². The minimum atomic E-state index is -1.16. The average Bonchev–Trinajstić information content (AvgIpc) is 3.22. The van der Waals surface area contributed by atoms with Gasteiger partial charge in [-0.05, 0) is 83.4 Å². The lowest BCUT2D eigenvalue weighted by Crippen LogP contribution is -2.59. The highest BCUT2D eigenvalue weighted by Gasteiger charge is 2.32. The van der Waals surface area contributed by atoms with Gasteiger partial charge in [-0.2, -0.15) is 0 Å². The summed E-state index contributed by atoms with van der Waals surface area (Å²) in [5.74, 6) is -2.77. The molecule has 5 aromatic carbocycles. The standard InChI is InChI=1S/C46H55N7O5/c47-24-10-8-18-38(43(49)55)51-45(57)40(29-32-20-22-34-14-4-6-16-36(34)26-32)53-46(58)41(30-33-21-23-35-15-5-7-17-37(35)27-33)52-44(56)39(28-31-12-2-1-3-13-31)50-42(54)19-9-11-25-48/h1-7,12-17,20-23,26-27,38-41H,8-11,18-19,24-25,28-30,47-48H2,(H2,49,55)(H,50,54)(H,51,57)(H,52,56)(H,53,58)/t38?,39?,40-,41?/m0/s1. The molecule has 0 heterocycles. The van der Waals surface area contributed by atoms with Gasteiger partial charge in [0, 0.05) is 25.7 Å². The van der Waals surface area contributed by atoms with Crippen molar-refractivity contribution in [1.82, 2.24) is 21.3 Å². The molecule has 0 aliphatic rings. The first-order valence-electron chi connectivity index (χ1n) is 20.0. The van der Waals surface area contributed by atoms with Crippen LogP contribution in [0.15, 0.2) is 115 Å². The van der Waals surface area contributed by atoms with E-state index in [4.69, 9.17) is 17.2 Å². The van der Waals surface area contributed by atoms with Crippen LogP contribution in [0.3, 0.4) is 0 Å². The van der Waals surface area contributed by atoms with Crippen LogP contribution < -0.4 is 38.5 Å². The Morgan fingerprint density at radius 3 is 1.38 bits per heavy atom. The molecule has 0 aliphatic heterocycles. The van der Waals surface area contributed by atoms with Crippen LogP contribution in [-0.4, -0.2) is 66.8 Å². The molecular weight excluding hydrogens is 731 g/mol. The highest BCUT2D eigenvalue weighted by molar-refractivity contribution is 5.96. The molecule has 0 aliphatic carbocycles. The number of fused-ring (bicyclic) bond motifs is 2. The molecule has 10 N–H and O–H groups in total. The molecule has 5 aromatic rings. The van der Waals surface area contributed by atoms with Gasteiger partial charge in [0.15, 0.2) is 0 Å². The maximum Gasteiger partial charge on any atom is 0.243 e. The van der Waals surface area contributed by atoms with E-state index in [1.54, 1.807) is 0 Å². The number of amides is 5. The fraction of sp³-hybridized carbons (Fsp3) is 0.326. The summed E-state index contributed by atoms with van der Waals surface area (Å²) in [6.45, 7) is 0.874. The molecule has 12 nitrogen and oxygen atoms in total. The number of hydrogen-bond donors (Lipinski definition) is 7. The predicted octanol–water partition coefficient (Wildman–Crippen LogP) is 3.70. The molecule has 0 bridgehead atoms. The molecule has 5 amide bonds. The van der Waals surface area contributed by atoms with Gasteiger partial charge in [0.25, 0.3) is 0 Å². The van der Waals surface area contributed by atoms with Crippen molar-refractivity contribution in [2.75, 3.05) is 13.1 Å². The first-order chi connectivity index (χ1) is 28.1. The number of benzene rings is 5. The summed E-state index contributed by atoms with van der Waals surface area (Å²) in [5.41, 5.74) is 19.4. The second kappa shape index (κ2) is 22.0. The van der Waals surface area contributed by atoms with E-state index < -0.39 is 47.8 Å². The summed E-state index contributed by atoms with van der Waals surface area (Å²) in [5, 5.41) is 15.4. The van der Waals surface area contributed by atoms with Crippen molar-refractivity contribution in [2.45, 2.75) is 82.0 Å². The van der Waals surface area contributed by atoms with Crippen LogP contribution in [0.2, 0.25) is 0 Å². The summed E-state index contributed by atoms with van der Waals surface area (Å²) >= 11 is 0. The Hall–Kier alpha value is -6.11. The van der Waals surface area contributed by atoms with Gasteiger partial charge in [-0.15, -0.1) is 0 Å². The molecule has 3 unspecified atom stereocenters. The predicted molar refractivity (Wildman–Crippen MR) is 228 cm³/mol. The Morgan fingerprint density at radius 2 is 0.879 bits per heavy atom. The zero-order valence-corrected chi connectivity index (χ0v) is 32.8. The van der Waals surface area contributed by atoms with Gasteiger partial charge in [-0.25, -0.2) is 0 Å².